The number of rotatable bonds is 4. The van der Waals surface area contributed by atoms with Gasteiger partial charge in [0.1, 0.15) is 6.04 Å². The second kappa shape index (κ2) is 6.66. The summed E-state index contributed by atoms with van der Waals surface area (Å²) in [5, 5.41) is 3.15. The van der Waals surface area contributed by atoms with Crippen LogP contribution < -0.4 is 5.32 Å². The number of nitrogens with one attached hydrogen (secondary N) is 1. The Morgan fingerprint density at radius 3 is 2.70 bits per heavy atom. The molecule has 1 aliphatic rings. The van der Waals surface area contributed by atoms with Gasteiger partial charge in [0.15, 0.2) is 0 Å². The van der Waals surface area contributed by atoms with Crippen molar-refractivity contribution in [3.05, 3.63) is 35.9 Å². The Labute approximate surface area is 119 Å². The van der Waals surface area contributed by atoms with E-state index in [1.807, 2.05) is 6.07 Å². The summed E-state index contributed by atoms with van der Waals surface area (Å²) in [4.78, 5) is 23.8. The van der Waals surface area contributed by atoms with Crippen molar-refractivity contribution in [3.63, 3.8) is 0 Å². The molecule has 2 rings (SSSR count). The molecule has 1 fully saturated rings. The third kappa shape index (κ3) is 3.45. The van der Waals surface area contributed by atoms with Crippen LogP contribution in [0.2, 0.25) is 0 Å². The SMILES string of the molecule is CCC(C)C1CN[C@H](C(=O)OC(=O)c2ccccc2)C1. The molecule has 1 aliphatic heterocycles. The van der Waals surface area contributed by atoms with Crippen LogP contribution in [-0.2, 0) is 9.53 Å². The van der Waals surface area contributed by atoms with Crippen LogP contribution in [0.5, 0.6) is 0 Å². The maximum absolute atomic E-state index is 12.0. The minimum atomic E-state index is -0.579. The molecule has 1 saturated heterocycles. The first-order chi connectivity index (χ1) is 9.61. The number of hydrogen-bond donors (Lipinski definition) is 1. The number of esters is 2. The zero-order chi connectivity index (χ0) is 14.5. The molecule has 1 aromatic rings. The summed E-state index contributed by atoms with van der Waals surface area (Å²) in [7, 11) is 0. The highest BCUT2D eigenvalue weighted by atomic mass is 16.6. The molecule has 1 N–H and O–H groups in total. The highest BCUT2D eigenvalue weighted by molar-refractivity contribution is 5.98. The Hall–Kier alpha value is -1.68. The molecule has 1 heterocycles. The van der Waals surface area contributed by atoms with E-state index in [2.05, 4.69) is 19.2 Å². The van der Waals surface area contributed by atoms with Gasteiger partial charge in [-0.3, -0.25) is 0 Å². The zero-order valence-corrected chi connectivity index (χ0v) is 12.0. The molecule has 20 heavy (non-hydrogen) atoms. The van der Waals surface area contributed by atoms with E-state index in [0.29, 0.717) is 17.4 Å². The number of carbonyl (C=O) groups excluding carboxylic acids is 2. The van der Waals surface area contributed by atoms with Crippen LogP contribution in [-0.4, -0.2) is 24.5 Å². The van der Waals surface area contributed by atoms with Crippen molar-refractivity contribution in [2.45, 2.75) is 32.7 Å². The van der Waals surface area contributed by atoms with E-state index in [0.717, 1.165) is 19.4 Å². The van der Waals surface area contributed by atoms with Crippen molar-refractivity contribution >= 4 is 11.9 Å². The molecule has 0 aliphatic carbocycles. The Morgan fingerprint density at radius 1 is 1.35 bits per heavy atom. The standard InChI is InChI=1S/C16H21NO3/c1-3-11(2)13-9-14(17-10-13)16(19)20-15(18)12-7-5-4-6-8-12/h4-8,11,13-14,17H,3,9-10H2,1-2H3/t11?,13?,14-/m0/s1. The first-order valence-electron chi connectivity index (χ1n) is 7.16. The van der Waals surface area contributed by atoms with Crippen LogP contribution in [0.15, 0.2) is 30.3 Å². The molecule has 0 bridgehead atoms. The van der Waals surface area contributed by atoms with Crippen LogP contribution in [0.4, 0.5) is 0 Å². The van der Waals surface area contributed by atoms with Crippen LogP contribution in [0.1, 0.15) is 37.0 Å². The summed E-state index contributed by atoms with van der Waals surface area (Å²) < 4.78 is 4.94. The third-order valence-electron chi connectivity index (χ3n) is 4.10. The fourth-order valence-corrected chi connectivity index (χ4v) is 2.51. The zero-order valence-electron chi connectivity index (χ0n) is 12.0. The predicted molar refractivity (Wildman–Crippen MR) is 76.2 cm³/mol. The van der Waals surface area contributed by atoms with Gasteiger partial charge in [0.25, 0.3) is 0 Å². The smallest absolute Gasteiger partial charge is 0.345 e. The molecule has 3 atom stereocenters. The van der Waals surface area contributed by atoms with E-state index >= 15 is 0 Å². The number of benzene rings is 1. The van der Waals surface area contributed by atoms with E-state index < -0.39 is 11.9 Å². The van der Waals surface area contributed by atoms with E-state index in [1.54, 1.807) is 24.3 Å². The number of hydrogen-bond acceptors (Lipinski definition) is 4. The minimum absolute atomic E-state index is 0.360. The highest BCUT2D eigenvalue weighted by Gasteiger charge is 2.33. The average molecular weight is 275 g/mol. The molecule has 1 aromatic carbocycles. The van der Waals surface area contributed by atoms with Crippen LogP contribution in [0.25, 0.3) is 0 Å². The monoisotopic (exact) mass is 275 g/mol. The Bertz CT molecular complexity index is 472. The fraction of sp³-hybridized carbons (Fsp3) is 0.500. The molecule has 0 saturated carbocycles. The lowest BCUT2D eigenvalue weighted by atomic mass is 9.90. The lowest BCUT2D eigenvalue weighted by molar-refractivity contribution is -0.140. The summed E-state index contributed by atoms with van der Waals surface area (Å²) in [5.74, 6) is 0.00329. The summed E-state index contributed by atoms with van der Waals surface area (Å²) >= 11 is 0. The average Bonchev–Trinajstić information content (AvgIpc) is 2.97. The van der Waals surface area contributed by atoms with Gasteiger partial charge >= 0.3 is 11.9 Å². The maximum Gasteiger partial charge on any atom is 0.345 e. The van der Waals surface area contributed by atoms with Gasteiger partial charge in [-0.15, -0.1) is 0 Å². The predicted octanol–water partition coefficient (Wildman–Crippen LogP) is 2.39. The minimum Gasteiger partial charge on any atom is -0.388 e. The molecule has 0 spiro atoms. The first kappa shape index (κ1) is 14.7. The quantitative estimate of drug-likeness (QED) is 0.677. The van der Waals surface area contributed by atoms with E-state index in [-0.39, 0.29) is 6.04 Å². The molecule has 2 unspecified atom stereocenters. The van der Waals surface area contributed by atoms with Gasteiger partial charge in [0.05, 0.1) is 5.56 Å². The maximum atomic E-state index is 12.0. The van der Waals surface area contributed by atoms with Gasteiger partial charge < -0.3 is 10.1 Å². The van der Waals surface area contributed by atoms with Gasteiger partial charge in [-0.25, -0.2) is 9.59 Å². The second-order valence-corrected chi connectivity index (χ2v) is 5.42. The van der Waals surface area contributed by atoms with Gasteiger partial charge in [-0.1, -0.05) is 38.5 Å². The first-order valence-corrected chi connectivity index (χ1v) is 7.16. The summed E-state index contributed by atoms with van der Waals surface area (Å²) in [6, 6.07) is 8.22. The largest absolute Gasteiger partial charge is 0.388 e. The van der Waals surface area contributed by atoms with Crippen molar-refractivity contribution in [3.8, 4) is 0 Å². The highest BCUT2D eigenvalue weighted by Crippen LogP contribution is 2.25. The second-order valence-electron chi connectivity index (χ2n) is 5.42. The molecule has 0 aromatic heterocycles. The Morgan fingerprint density at radius 2 is 2.05 bits per heavy atom. The summed E-state index contributed by atoms with van der Waals surface area (Å²) in [6.07, 6.45) is 1.84. The van der Waals surface area contributed by atoms with Gasteiger partial charge in [0, 0.05) is 0 Å². The van der Waals surface area contributed by atoms with Crippen molar-refractivity contribution in [1.82, 2.24) is 5.32 Å². The topological polar surface area (TPSA) is 55.4 Å². The van der Waals surface area contributed by atoms with Gasteiger partial charge in [-0.05, 0) is 36.9 Å². The normalized spacial score (nSPS) is 23.3. The van der Waals surface area contributed by atoms with Gasteiger partial charge in [0.2, 0.25) is 0 Å². The van der Waals surface area contributed by atoms with Crippen molar-refractivity contribution in [2.24, 2.45) is 11.8 Å². The lowest BCUT2D eigenvalue weighted by Crippen LogP contribution is -2.33. The third-order valence-corrected chi connectivity index (χ3v) is 4.10. The van der Waals surface area contributed by atoms with Crippen LogP contribution in [0.3, 0.4) is 0 Å². The summed E-state index contributed by atoms with van der Waals surface area (Å²) in [5.41, 5.74) is 0.400. The van der Waals surface area contributed by atoms with E-state index in [1.165, 1.54) is 0 Å². The number of ether oxygens (including phenoxy) is 1. The van der Waals surface area contributed by atoms with Crippen molar-refractivity contribution in [1.29, 1.82) is 0 Å². The fourth-order valence-electron chi connectivity index (χ4n) is 2.51. The van der Waals surface area contributed by atoms with Crippen molar-refractivity contribution < 1.29 is 14.3 Å². The molecule has 0 amide bonds. The molecular weight excluding hydrogens is 254 g/mol. The lowest BCUT2D eigenvalue weighted by Gasteiger charge is -2.15. The van der Waals surface area contributed by atoms with Crippen molar-refractivity contribution in [2.75, 3.05) is 6.54 Å². The molecule has 4 heteroatoms. The molecular formula is C16H21NO3. The van der Waals surface area contributed by atoms with Crippen LogP contribution >= 0.6 is 0 Å². The molecule has 4 nitrogen and oxygen atoms in total. The van der Waals surface area contributed by atoms with Gasteiger partial charge in [-0.2, -0.15) is 0 Å². The molecule has 108 valence electrons. The molecule has 0 radical (unpaired) electrons. The Kier molecular flexibility index (Phi) is 4.90. The number of carbonyl (C=O) groups is 2. The van der Waals surface area contributed by atoms with E-state index in [4.69, 9.17) is 4.74 Å². The Balaban J connectivity index is 1.89. The summed E-state index contributed by atoms with van der Waals surface area (Å²) in [6.45, 7) is 5.15. The van der Waals surface area contributed by atoms with Crippen LogP contribution in [0, 0.1) is 11.8 Å². The van der Waals surface area contributed by atoms with E-state index in [9.17, 15) is 9.59 Å².